The van der Waals surface area contributed by atoms with Crippen LogP contribution in [0.2, 0.25) is 0 Å². The third-order valence-corrected chi connectivity index (χ3v) is 2.49. The summed E-state index contributed by atoms with van der Waals surface area (Å²) in [6.07, 6.45) is 3.65. The molecular weight excluding hydrogens is 196 g/mol. The number of rotatable bonds is 4. The Kier molecular flexibility index (Phi) is 3.67. The lowest BCUT2D eigenvalue weighted by atomic mass is 10.1. The Morgan fingerprint density at radius 2 is 1.75 bits per heavy atom. The molecular formula is C14H16N2. The number of hydrogen-bond acceptors (Lipinski definition) is 2. The maximum absolute atomic E-state index is 4.00. The minimum absolute atomic E-state index is 0.885. The molecule has 1 heterocycles. The van der Waals surface area contributed by atoms with Crippen LogP contribution in [-0.2, 0) is 13.1 Å². The molecule has 0 unspecified atom stereocenters. The Labute approximate surface area is 96.4 Å². The molecule has 1 aromatic heterocycles. The minimum Gasteiger partial charge on any atom is -0.309 e. The lowest BCUT2D eigenvalue weighted by Gasteiger charge is -2.05. The summed E-state index contributed by atoms with van der Waals surface area (Å²) in [7, 11) is 0. The van der Waals surface area contributed by atoms with Gasteiger partial charge in [-0.2, -0.15) is 0 Å². The average molecular weight is 212 g/mol. The van der Waals surface area contributed by atoms with E-state index in [4.69, 9.17) is 0 Å². The molecule has 1 N–H and O–H groups in total. The second-order valence-corrected chi connectivity index (χ2v) is 3.95. The van der Waals surface area contributed by atoms with Gasteiger partial charge in [-0.15, -0.1) is 0 Å². The predicted octanol–water partition coefficient (Wildman–Crippen LogP) is 2.68. The van der Waals surface area contributed by atoms with Gasteiger partial charge >= 0.3 is 0 Å². The lowest BCUT2D eigenvalue weighted by Crippen LogP contribution is -2.12. The van der Waals surface area contributed by atoms with Crippen LogP contribution in [0.3, 0.4) is 0 Å². The second kappa shape index (κ2) is 5.42. The molecule has 0 spiro atoms. The lowest BCUT2D eigenvalue weighted by molar-refractivity contribution is 0.692. The van der Waals surface area contributed by atoms with Crippen LogP contribution in [0.4, 0.5) is 0 Å². The van der Waals surface area contributed by atoms with Crippen LogP contribution >= 0.6 is 0 Å². The van der Waals surface area contributed by atoms with Crippen molar-refractivity contribution < 1.29 is 0 Å². The van der Waals surface area contributed by atoms with Gasteiger partial charge in [-0.1, -0.05) is 29.8 Å². The number of aryl methyl sites for hydroxylation is 1. The van der Waals surface area contributed by atoms with Gasteiger partial charge in [0.15, 0.2) is 0 Å². The summed E-state index contributed by atoms with van der Waals surface area (Å²) < 4.78 is 0. The Balaban J connectivity index is 1.85. The average Bonchev–Trinajstić information content (AvgIpc) is 2.30. The zero-order valence-electron chi connectivity index (χ0n) is 9.48. The normalized spacial score (nSPS) is 10.3. The maximum Gasteiger partial charge on any atom is 0.0271 e. The van der Waals surface area contributed by atoms with Gasteiger partial charge < -0.3 is 5.32 Å². The Morgan fingerprint density at radius 3 is 2.50 bits per heavy atom. The van der Waals surface area contributed by atoms with E-state index in [1.165, 1.54) is 16.7 Å². The Bertz CT molecular complexity index is 437. The van der Waals surface area contributed by atoms with Gasteiger partial charge in [-0.25, -0.2) is 0 Å². The molecule has 0 amide bonds. The summed E-state index contributed by atoms with van der Waals surface area (Å²) in [6.45, 7) is 3.91. The van der Waals surface area contributed by atoms with E-state index in [2.05, 4.69) is 41.5 Å². The van der Waals surface area contributed by atoms with Crippen LogP contribution in [0.15, 0.2) is 48.8 Å². The molecule has 2 heteroatoms. The van der Waals surface area contributed by atoms with Crippen molar-refractivity contribution in [1.82, 2.24) is 10.3 Å². The van der Waals surface area contributed by atoms with Gasteiger partial charge in [-0.3, -0.25) is 4.98 Å². The quantitative estimate of drug-likeness (QED) is 0.842. The molecule has 16 heavy (non-hydrogen) atoms. The molecule has 0 fully saturated rings. The van der Waals surface area contributed by atoms with Gasteiger partial charge in [0.2, 0.25) is 0 Å². The van der Waals surface area contributed by atoms with Crippen molar-refractivity contribution in [2.75, 3.05) is 0 Å². The molecule has 82 valence electrons. The van der Waals surface area contributed by atoms with Crippen LogP contribution in [0, 0.1) is 6.92 Å². The third kappa shape index (κ3) is 3.17. The monoisotopic (exact) mass is 212 g/mol. The van der Waals surface area contributed by atoms with Gasteiger partial charge in [0.05, 0.1) is 0 Å². The summed E-state index contributed by atoms with van der Waals surface area (Å²) in [6, 6.07) is 12.6. The standard InChI is InChI=1S/C14H16N2/c1-12-3-2-4-14(9-12)11-16-10-13-5-7-15-8-6-13/h2-9,16H,10-11H2,1H3. The molecule has 0 atom stereocenters. The summed E-state index contributed by atoms with van der Waals surface area (Å²) in [4.78, 5) is 4.00. The zero-order chi connectivity index (χ0) is 11.2. The fraction of sp³-hybridized carbons (Fsp3) is 0.214. The first-order chi connectivity index (χ1) is 7.84. The van der Waals surface area contributed by atoms with Crippen molar-refractivity contribution in [3.8, 4) is 0 Å². The fourth-order valence-electron chi connectivity index (χ4n) is 1.67. The number of benzene rings is 1. The molecule has 0 saturated heterocycles. The van der Waals surface area contributed by atoms with Crippen molar-refractivity contribution in [2.45, 2.75) is 20.0 Å². The predicted molar refractivity (Wildman–Crippen MR) is 66.0 cm³/mol. The van der Waals surface area contributed by atoms with E-state index in [-0.39, 0.29) is 0 Å². The molecule has 0 aliphatic rings. The molecule has 0 aliphatic carbocycles. The third-order valence-electron chi connectivity index (χ3n) is 2.49. The molecule has 0 saturated carbocycles. The van der Waals surface area contributed by atoms with Gasteiger partial charge in [0, 0.05) is 25.5 Å². The summed E-state index contributed by atoms with van der Waals surface area (Å²) in [5.41, 5.74) is 3.90. The first-order valence-electron chi connectivity index (χ1n) is 5.50. The van der Waals surface area contributed by atoms with Crippen LogP contribution in [-0.4, -0.2) is 4.98 Å². The van der Waals surface area contributed by atoms with E-state index in [9.17, 15) is 0 Å². The maximum atomic E-state index is 4.00. The van der Waals surface area contributed by atoms with Gasteiger partial charge in [0.25, 0.3) is 0 Å². The highest BCUT2D eigenvalue weighted by atomic mass is 14.8. The first-order valence-corrected chi connectivity index (χ1v) is 5.50. The van der Waals surface area contributed by atoms with Crippen LogP contribution in [0.5, 0.6) is 0 Å². The number of pyridine rings is 1. The van der Waals surface area contributed by atoms with E-state index in [0.717, 1.165) is 13.1 Å². The molecule has 2 nitrogen and oxygen atoms in total. The molecule has 0 aliphatic heterocycles. The van der Waals surface area contributed by atoms with Crippen molar-refractivity contribution in [1.29, 1.82) is 0 Å². The van der Waals surface area contributed by atoms with E-state index >= 15 is 0 Å². The Morgan fingerprint density at radius 1 is 1.00 bits per heavy atom. The second-order valence-electron chi connectivity index (χ2n) is 3.95. The van der Waals surface area contributed by atoms with Crippen molar-refractivity contribution in [3.63, 3.8) is 0 Å². The van der Waals surface area contributed by atoms with Crippen LogP contribution in [0.1, 0.15) is 16.7 Å². The summed E-state index contributed by atoms with van der Waals surface area (Å²) in [5.74, 6) is 0. The van der Waals surface area contributed by atoms with E-state index < -0.39 is 0 Å². The molecule has 0 bridgehead atoms. The highest BCUT2D eigenvalue weighted by Crippen LogP contribution is 2.04. The highest BCUT2D eigenvalue weighted by molar-refractivity contribution is 5.22. The molecule has 1 aromatic carbocycles. The SMILES string of the molecule is Cc1cccc(CNCc2ccncc2)c1. The van der Waals surface area contributed by atoms with Crippen molar-refractivity contribution in [2.24, 2.45) is 0 Å². The molecule has 0 radical (unpaired) electrons. The van der Waals surface area contributed by atoms with Gasteiger partial charge in [-0.05, 0) is 30.2 Å². The fourth-order valence-corrected chi connectivity index (χ4v) is 1.67. The minimum atomic E-state index is 0.885. The first kappa shape index (κ1) is 10.8. The van der Waals surface area contributed by atoms with Gasteiger partial charge in [0.1, 0.15) is 0 Å². The number of nitrogens with one attached hydrogen (secondary N) is 1. The van der Waals surface area contributed by atoms with Crippen molar-refractivity contribution in [3.05, 3.63) is 65.5 Å². The molecule has 2 rings (SSSR count). The smallest absolute Gasteiger partial charge is 0.0271 e. The van der Waals surface area contributed by atoms with Crippen molar-refractivity contribution >= 4 is 0 Å². The van der Waals surface area contributed by atoms with E-state index in [1.807, 2.05) is 24.5 Å². The Hall–Kier alpha value is -1.67. The van der Waals surface area contributed by atoms with E-state index in [0.29, 0.717) is 0 Å². The molecule has 2 aromatic rings. The number of hydrogen-bond donors (Lipinski definition) is 1. The van der Waals surface area contributed by atoms with Crippen LogP contribution in [0.25, 0.3) is 0 Å². The summed E-state index contributed by atoms with van der Waals surface area (Å²) in [5, 5.41) is 3.42. The van der Waals surface area contributed by atoms with E-state index in [1.54, 1.807) is 0 Å². The zero-order valence-corrected chi connectivity index (χ0v) is 9.48. The number of aromatic nitrogens is 1. The number of nitrogens with zero attached hydrogens (tertiary/aromatic N) is 1. The summed E-state index contributed by atoms with van der Waals surface area (Å²) >= 11 is 0. The van der Waals surface area contributed by atoms with Crippen LogP contribution < -0.4 is 5.32 Å². The largest absolute Gasteiger partial charge is 0.309 e. The highest BCUT2D eigenvalue weighted by Gasteiger charge is 1.94. The topological polar surface area (TPSA) is 24.9 Å².